The van der Waals surface area contributed by atoms with E-state index in [1.165, 1.54) is 257 Å². The maximum absolute atomic E-state index is 13.1. The highest BCUT2D eigenvalue weighted by atomic mass is 31.2. The van der Waals surface area contributed by atoms with Crippen LogP contribution >= 0.6 is 15.6 Å². The van der Waals surface area contributed by atoms with Gasteiger partial charge < -0.3 is 33.8 Å². The summed E-state index contributed by atoms with van der Waals surface area (Å²) in [5.41, 5.74) is 0. The van der Waals surface area contributed by atoms with Gasteiger partial charge in [-0.2, -0.15) is 0 Å². The van der Waals surface area contributed by atoms with Crippen LogP contribution in [0.15, 0.2) is 0 Å². The topological polar surface area (TPSA) is 237 Å². The zero-order valence-electron chi connectivity index (χ0n) is 68.5. The SMILES string of the molecule is CCCCCCCCCCCCCC(=O)OC[C@H](COP(=O)(O)OC[C@H](O)COP(=O)(O)OC[C@@H](COC(=O)CCCCCCCCCCCCCCCCCCC(C)C)OC(=O)CCCCCCCCCCCCCCCCCCCCC(C)CC)OC(=O)CCCCCCCCCCC(C)CC. The zero-order chi connectivity index (χ0) is 76.5. The summed E-state index contributed by atoms with van der Waals surface area (Å²) in [4.78, 5) is 73.1. The van der Waals surface area contributed by atoms with Crippen LogP contribution in [-0.4, -0.2) is 96.7 Å². The molecular formula is C85H166O17P2. The minimum atomic E-state index is -4.97. The van der Waals surface area contributed by atoms with Gasteiger partial charge in [0.1, 0.15) is 19.3 Å². The van der Waals surface area contributed by atoms with Gasteiger partial charge in [0, 0.05) is 25.7 Å². The first-order chi connectivity index (χ1) is 50.3. The van der Waals surface area contributed by atoms with Crippen molar-refractivity contribution in [3.05, 3.63) is 0 Å². The molecule has 4 unspecified atom stereocenters. The largest absolute Gasteiger partial charge is 0.472 e. The summed E-state index contributed by atoms with van der Waals surface area (Å²) in [6.07, 6.45) is 65.2. The van der Waals surface area contributed by atoms with Crippen molar-refractivity contribution >= 4 is 39.5 Å². The van der Waals surface area contributed by atoms with E-state index in [0.29, 0.717) is 25.7 Å². The molecule has 0 fully saturated rings. The first-order valence-corrected chi connectivity index (χ1v) is 46.9. The third-order valence-corrected chi connectivity index (χ3v) is 22.5. The maximum Gasteiger partial charge on any atom is 0.472 e. The van der Waals surface area contributed by atoms with Gasteiger partial charge >= 0.3 is 39.5 Å². The van der Waals surface area contributed by atoms with E-state index in [2.05, 4.69) is 48.5 Å². The van der Waals surface area contributed by atoms with E-state index in [-0.39, 0.29) is 25.7 Å². The van der Waals surface area contributed by atoms with Crippen LogP contribution in [0, 0.1) is 17.8 Å². The van der Waals surface area contributed by atoms with E-state index < -0.39 is 97.5 Å². The summed E-state index contributed by atoms with van der Waals surface area (Å²) < 4.78 is 68.8. The lowest BCUT2D eigenvalue weighted by atomic mass is 9.99. The number of hydrogen-bond donors (Lipinski definition) is 3. The van der Waals surface area contributed by atoms with Crippen molar-refractivity contribution in [3.8, 4) is 0 Å². The molecule has 17 nitrogen and oxygen atoms in total. The fraction of sp³-hybridized carbons (Fsp3) is 0.953. The zero-order valence-corrected chi connectivity index (χ0v) is 70.3. The van der Waals surface area contributed by atoms with Crippen molar-refractivity contribution in [3.63, 3.8) is 0 Å². The summed E-state index contributed by atoms with van der Waals surface area (Å²) in [5.74, 6) is 0.346. The first-order valence-electron chi connectivity index (χ1n) is 43.9. The average Bonchev–Trinajstić information content (AvgIpc) is 0.906. The molecule has 104 heavy (non-hydrogen) atoms. The second-order valence-electron chi connectivity index (χ2n) is 31.5. The van der Waals surface area contributed by atoms with Crippen LogP contribution in [0.1, 0.15) is 447 Å². The Morgan fingerprint density at radius 1 is 0.279 bits per heavy atom. The lowest BCUT2D eigenvalue weighted by Gasteiger charge is -2.21. The van der Waals surface area contributed by atoms with Crippen LogP contribution in [0.5, 0.6) is 0 Å². The number of unbranched alkanes of at least 4 members (excludes halogenated alkanes) is 49. The highest BCUT2D eigenvalue weighted by molar-refractivity contribution is 7.47. The van der Waals surface area contributed by atoms with Crippen molar-refractivity contribution in [2.24, 2.45) is 17.8 Å². The quantitative estimate of drug-likeness (QED) is 0.0222. The lowest BCUT2D eigenvalue weighted by molar-refractivity contribution is -0.161. The molecule has 0 saturated carbocycles. The van der Waals surface area contributed by atoms with E-state index in [0.717, 1.165) is 108 Å². The highest BCUT2D eigenvalue weighted by Crippen LogP contribution is 2.45. The van der Waals surface area contributed by atoms with Crippen LogP contribution < -0.4 is 0 Å². The fourth-order valence-corrected chi connectivity index (χ4v) is 14.7. The smallest absolute Gasteiger partial charge is 0.462 e. The molecule has 0 spiro atoms. The summed E-state index contributed by atoms with van der Waals surface area (Å²) >= 11 is 0. The van der Waals surface area contributed by atoms with Gasteiger partial charge in [0.05, 0.1) is 26.4 Å². The molecule has 0 aliphatic carbocycles. The average molecular weight is 1520 g/mol. The van der Waals surface area contributed by atoms with Crippen molar-refractivity contribution < 1.29 is 80.2 Å². The molecule has 0 bridgehead atoms. The summed E-state index contributed by atoms with van der Waals surface area (Å²) in [7, 11) is -9.93. The predicted octanol–water partition coefficient (Wildman–Crippen LogP) is 25.7. The monoisotopic (exact) mass is 1520 g/mol. The van der Waals surface area contributed by atoms with Crippen molar-refractivity contribution in [2.45, 2.75) is 465 Å². The molecular weight excluding hydrogens is 1350 g/mol. The molecule has 618 valence electrons. The Morgan fingerprint density at radius 3 is 0.731 bits per heavy atom. The second-order valence-corrected chi connectivity index (χ2v) is 34.4. The molecule has 0 saturated heterocycles. The molecule has 0 aliphatic rings. The van der Waals surface area contributed by atoms with Gasteiger partial charge in [-0.05, 0) is 43.4 Å². The highest BCUT2D eigenvalue weighted by Gasteiger charge is 2.30. The first kappa shape index (κ1) is 102. The molecule has 0 rings (SSSR count). The van der Waals surface area contributed by atoms with E-state index in [9.17, 15) is 43.2 Å². The second kappa shape index (κ2) is 75.1. The van der Waals surface area contributed by atoms with E-state index in [1.807, 2.05) is 0 Å². The van der Waals surface area contributed by atoms with Crippen LogP contribution in [0.25, 0.3) is 0 Å². The number of rotatable bonds is 83. The number of aliphatic hydroxyl groups is 1. The van der Waals surface area contributed by atoms with Gasteiger partial charge in [-0.15, -0.1) is 0 Å². The van der Waals surface area contributed by atoms with Gasteiger partial charge in [0.2, 0.25) is 0 Å². The Bertz CT molecular complexity index is 2010. The minimum absolute atomic E-state index is 0.105. The van der Waals surface area contributed by atoms with Gasteiger partial charge in [-0.25, -0.2) is 9.13 Å². The van der Waals surface area contributed by atoms with Crippen LogP contribution in [0.4, 0.5) is 0 Å². The van der Waals surface area contributed by atoms with Crippen molar-refractivity contribution in [2.75, 3.05) is 39.6 Å². The van der Waals surface area contributed by atoms with Crippen molar-refractivity contribution in [1.82, 2.24) is 0 Å². The molecule has 19 heteroatoms. The van der Waals surface area contributed by atoms with Gasteiger partial charge in [-0.1, -0.05) is 395 Å². The maximum atomic E-state index is 13.1. The van der Waals surface area contributed by atoms with Gasteiger partial charge in [-0.3, -0.25) is 37.3 Å². The molecule has 0 aliphatic heterocycles. The number of hydrogen-bond acceptors (Lipinski definition) is 15. The number of aliphatic hydroxyl groups excluding tert-OH is 1. The molecule has 0 aromatic rings. The Morgan fingerprint density at radius 2 is 0.490 bits per heavy atom. The van der Waals surface area contributed by atoms with Crippen molar-refractivity contribution in [1.29, 1.82) is 0 Å². The molecule has 0 aromatic carbocycles. The summed E-state index contributed by atoms with van der Waals surface area (Å²) in [6, 6.07) is 0. The Balaban J connectivity index is 5.22. The lowest BCUT2D eigenvalue weighted by Crippen LogP contribution is -2.30. The van der Waals surface area contributed by atoms with Crippen LogP contribution in [0.2, 0.25) is 0 Å². The van der Waals surface area contributed by atoms with E-state index in [1.54, 1.807) is 0 Å². The molecule has 7 atom stereocenters. The number of phosphoric ester groups is 2. The third-order valence-electron chi connectivity index (χ3n) is 20.6. The fourth-order valence-electron chi connectivity index (χ4n) is 13.1. The number of carbonyl (C=O) groups excluding carboxylic acids is 4. The standard InChI is InChI=1S/C85H166O17P2/c1-8-11-12-13-14-15-30-37-45-52-59-66-82(87)95-73-81(102-85(90)69-62-55-48-41-40-44-51-58-65-78(7)10-3)75-100-104(93,94)98-71-79(86)70-97-103(91,92)99-74-80(72-96-83(88)67-60-53-46-38-33-28-24-21-20-22-26-31-35-42-49-56-63-76(4)5)101-84(89)68-61-54-47-39-34-29-25-19-17-16-18-23-27-32-36-43-50-57-64-77(6)9-2/h76-81,86H,8-75H2,1-7H3,(H,91,92)(H,93,94)/t77?,78?,79-,80-,81-/m1/s1. The molecule has 0 amide bonds. The summed E-state index contributed by atoms with van der Waals surface area (Å²) in [6.45, 7) is 12.1. The minimum Gasteiger partial charge on any atom is -0.462 e. The van der Waals surface area contributed by atoms with E-state index >= 15 is 0 Å². The Kier molecular flexibility index (Phi) is 73.7. The van der Waals surface area contributed by atoms with Crippen LogP contribution in [0.3, 0.4) is 0 Å². The summed E-state index contributed by atoms with van der Waals surface area (Å²) in [5, 5.41) is 10.7. The number of phosphoric acid groups is 2. The number of carbonyl (C=O) groups is 4. The van der Waals surface area contributed by atoms with E-state index in [4.69, 9.17) is 37.0 Å². The predicted molar refractivity (Wildman–Crippen MR) is 428 cm³/mol. The third kappa shape index (κ3) is 75.5. The van der Waals surface area contributed by atoms with Gasteiger partial charge in [0.15, 0.2) is 12.2 Å². The molecule has 3 N–H and O–H groups in total. The Labute approximate surface area is 638 Å². The Hall–Kier alpha value is -1.94. The number of ether oxygens (including phenoxy) is 4. The number of esters is 4. The van der Waals surface area contributed by atoms with Crippen LogP contribution in [-0.2, 0) is 65.4 Å². The molecule has 0 heterocycles. The molecule has 0 aromatic heterocycles. The molecule has 0 radical (unpaired) electrons. The van der Waals surface area contributed by atoms with Gasteiger partial charge in [0.25, 0.3) is 0 Å². The normalized spacial score (nSPS) is 14.4.